The lowest BCUT2D eigenvalue weighted by Crippen LogP contribution is -2.47. The van der Waals surface area contributed by atoms with Gasteiger partial charge in [0.05, 0.1) is 12.2 Å². The molecule has 1 unspecified atom stereocenters. The number of nitrogens with one attached hydrogen (secondary N) is 1. The molecular weight excluding hydrogens is 198 g/mol. The number of rotatable bonds is 2. The van der Waals surface area contributed by atoms with Gasteiger partial charge in [-0.15, -0.1) is 0 Å². The molecule has 3 nitrogen and oxygen atoms in total. The molecule has 0 aliphatic carbocycles. The highest BCUT2D eigenvalue weighted by atomic mass is 15.3. The average Bonchev–Trinajstić information content (AvgIpc) is 2.66. The monoisotopic (exact) mass is 219 g/mol. The second kappa shape index (κ2) is 4.06. The highest BCUT2D eigenvalue weighted by Gasteiger charge is 2.27. The van der Waals surface area contributed by atoms with Crippen molar-refractivity contribution in [3.63, 3.8) is 0 Å². The Balaban J connectivity index is 2.05. The van der Waals surface area contributed by atoms with Gasteiger partial charge in [-0.25, -0.2) is 0 Å². The minimum absolute atomic E-state index is 0.279. The molecule has 0 saturated carbocycles. The Labute approximate surface area is 97.5 Å². The highest BCUT2D eigenvalue weighted by molar-refractivity contribution is 5.59. The predicted molar refractivity (Wildman–Crippen MR) is 67.3 cm³/mol. The standard InChI is InChI=1S/C13H21N3/c1-10(2)11-7-15-16(9-11)12-5-6-13(3,4)14-8-12/h7,9,12,14H,1,5-6,8H2,2-4H3. The van der Waals surface area contributed by atoms with Crippen LogP contribution in [0, 0.1) is 0 Å². The molecule has 1 fully saturated rings. The molecule has 0 bridgehead atoms. The molecule has 2 rings (SSSR count). The molecule has 1 aliphatic rings. The van der Waals surface area contributed by atoms with E-state index in [1.165, 1.54) is 12.8 Å². The third kappa shape index (κ3) is 2.35. The van der Waals surface area contributed by atoms with Crippen LogP contribution in [0.3, 0.4) is 0 Å². The van der Waals surface area contributed by atoms with Gasteiger partial charge in [0.25, 0.3) is 0 Å². The van der Waals surface area contributed by atoms with Crippen LogP contribution in [0.25, 0.3) is 5.57 Å². The minimum atomic E-state index is 0.279. The lowest BCUT2D eigenvalue weighted by Gasteiger charge is -2.35. The summed E-state index contributed by atoms with van der Waals surface area (Å²) in [5.74, 6) is 0. The third-order valence-corrected chi connectivity index (χ3v) is 3.39. The van der Waals surface area contributed by atoms with Crippen molar-refractivity contribution in [2.24, 2.45) is 0 Å². The molecule has 1 saturated heterocycles. The maximum absolute atomic E-state index is 4.42. The van der Waals surface area contributed by atoms with Crippen molar-refractivity contribution in [1.82, 2.24) is 15.1 Å². The molecule has 0 amide bonds. The Morgan fingerprint density at radius 2 is 2.38 bits per heavy atom. The predicted octanol–water partition coefficient (Wildman–Crippen LogP) is 2.62. The lowest BCUT2D eigenvalue weighted by atomic mass is 9.91. The van der Waals surface area contributed by atoms with Crippen molar-refractivity contribution in [2.45, 2.75) is 45.2 Å². The van der Waals surface area contributed by atoms with Gasteiger partial charge in [0, 0.05) is 23.8 Å². The van der Waals surface area contributed by atoms with Gasteiger partial charge in [-0.2, -0.15) is 5.10 Å². The first-order valence-electron chi connectivity index (χ1n) is 5.93. The third-order valence-electron chi connectivity index (χ3n) is 3.39. The van der Waals surface area contributed by atoms with Gasteiger partial charge in [0.1, 0.15) is 0 Å². The van der Waals surface area contributed by atoms with Gasteiger partial charge >= 0.3 is 0 Å². The molecule has 16 heavy (non-hydrogen) atoms. The van der Waals surface area contributed by atoms with E-state index in [-0.39, 0.29) is 5.54 Å². The Morgan fingerprint density at radius 1 is 1.62 bits per heavy atom. The largest absolute Gasteiger partial charge is 0.310 e. The van der Waals surface area contributed by atoms with Crippen molar-refractivity contribution < 1.29 is 0 Å². The molecule has 0 spiro atoms. The Morgan fingerprint density at radius 3 is 2.88 bits per heavy atom. The van der Waals surface area contributed by atoms with Gasteiger partial charge in [0.2, 0.25) is 0 Å². The summed E-state index contributed by atoms with van der Waals surface area (Å²) in [5.41, 5.74) is 2.50. The zero-order valence-corrected chi connectivity index (χ0v) is 10.5. The number of nitrogens with zero attached hydrogens (tertiary/aromatic N) is 2. The lowest BCUT2D eigenvalue weighted by molar-refractivity contribution is 0.232. The van der Waals surface area contributed by atoms with Crippen LogP contribution in [-0.4, -0.2) is 21.9 Å². The Bertz CT molecular complexity index is 380. The van der Waals surface area contributed by atoms with E-state index in [1.54, 1.807) is 0 Å². The fourth-order valence-corrected chi connectivity index (χ4v) is 2.10. The van der Waals surface area contributed by atoms with Crippen molar-refractivity contribution in [2.75, 3.05) is 6.54 Å². The molecule has 0 aromatic carbocycles. The molecular formula is C13H21N3. The molecule has 1 aromatic rings. The summed E-state index contributed by atoms with van der Waals surface area (Å²) in [7, 11) is 0. The van der Waals surface area contributed by atoms with E-state index in [0.29, 0.717) is 6.04 Å². The molecule has 1 N–H and O–H groups in total. The number of piperidine rings is 1. The normalized spacial score (nSPS) is 24.3. The number of hydrogen-bond donors (Lipinski definition) is 1. The summed E-state index contributed by atoms with van der Waals surface area (Å²) < 4.78 is 2.08. The Hall–Kier alpha value is -1.09. The minimum Gasteiger partial charge on any atom is -0.310 e. The van der Waals surface area contributed by atoms with E-state index >= 15 is 0 Å². The van der Waals surface area contributed by atoms with Gasteiger partial charge < -0.3 is 5.32 Å². The van der Waals surface area contributed by atoms with E-state index in [1.807, 2.05) is 13.1 Å². The number of aromatic nitrogens is 2. The van der Waals surface area contributed by atoms with Gasteiger partial charge in [-0.1, -0.05) is 6.58 Å². The van der Waals surface area contributed by atoms with Crippen LogP contribution < -0.4 is 5.32 Å². The van der Waals surface area contributed by atoms with Crippen LogP contribution >= 0.6 is 0 Å². The second-order valence-corrected chi connectivity index (χ2v) is 5.45. The average molecular weight is 219 g/mol. The topological polar surface area (TPSA) is 29.9 Å². The molecule has 1 atom stereocenters. The van der Waals surface area contributed by atoms with Crippen LogP contribution in [0.1, 0.15) is 45.2 Å². The van der Waals surface area contributed by atoms with E-state index in [9.17, 15) is 0 Å². The second-order valence-electron chi connectivity index (χ2n) is 5.45. The number of allylic oxidation sites excluding steroid dienone is 1. The van der Waals surface area contributed by atoms with Gasteiger partial charge in [-0.3, -0.25) is 4.68 Å². The maximum atomic E-state index is 4.42. The van der Waals surface area contributed by atoms with Gasteiger partial charge in [-0.05, 0) is 39.2 Å². The summed E-state index contributed by atoms with van der Waals surface area (Å²) in [6.45, 7) is 11.5. The zero-order valence-electron chi connectivity index (χ0n) is 10.5. The van der Waals surface area contributed by atoms with Crippen molar-refractivity contribution in [3.8, 4) is 0 Å². The number of hydrogen-bond acceptors (Lipinski definition) is 2. The molecule has 2 heterocycles. The van der Waals surface area contributed by atoms with E-state index in [4.69, 9.17) is 0 Å². The maximum Gasteiger partial charge on any atom is 0.0644 e. The van der Waals surface area contributed by atoms with Crippen LogP contribution in [0.15, 0.2) is 19.0 Å². The Kier molecular flexibility index (Phi) is 2.89. The summed E-state index contributed by atoms with van der Waals surface area (Å²) in [5, 5.41) is 7.99. The first-order chi connectivity index (χ1) is 7.48. The van der Waals surface area contributed by atoms with Crippen LogP contribution in [0.2, 0.25) is 0 Å². The molecule has 1 aromatic heterocycles. The van der Waals surface area contributed by atoms with Crippen molar-refractivity contribution >= 4 is 5.57 Å². The molecule has 3 heteroatoms. The molecule has 88 valence electrons. The van der Waals surface area contributed by atoms with Crippen molar-refractivity contribution in [3.05, 3.63) is 24.5 Å². The first-order valence-corrected chi connectivity index (χ1v) is 5.93. The summed E-state index contributed by atoms with van der Waals surface area (Å²) in [4.78, 5) is 0. The van der Waals surface area contributed by atoms with Gasteiger partial charge in [0.15, 0.2) is 0 Å². The van der Waals surface area contributed by atoms with E-state index in [2.05, 4.69) is 41.7 Å². The fourth-order valence-electron chi connectivity index (χ4n) is 2.10. The van der Waals surface area contributed by atoms with Crippen LogP contribution in [0.5, 0.6) is 0 Å². The zero-order chi connectivity index (χ0) is 11.8. The molecule has 0 radical (unpaired) electrons. The summed E-state index contributed by atoms with van der Waals surface area (Å²) in [6, 6.07) is 0.487. The summed E-state index contributed by atoms with van der Waals surface area (Å²) in [6.07, 6.45) is 6.40. The smallest absolute Gasteiger partial charge is 0.0644 e. The highest BCUT2D eigenvalue weighted by Crippen LogP contribution is 2.25. The fraction of sp³-hybridized carbons (Fsp3) is 0.615. The SMILES string of the molecule is C=C(C)c1cnn(C2CCC(C)(C)NC2)c1. The van der Waals surface area contributed by atoms with E-state index in [0.717, 1.165) is 17.7 Å². The quantitative estimate of drug-likeness (QED) is 0.828. The van der Waals surface area contributed by atoms with Crippen LogP contribution in [0.4, 0.5) is 0 Å². The summed E-state index contributed by atoms with van der Waals surface area (Å²) >= 11 is 0. The molecule has 1 aliphatic heterocycles. The van der Waals surface area contributed by atoms with Crippen LogP contribution in [-0.2, 0) is 0 Å². The van der Waals surface area contributed by atoms with Crippen molar-refractivity contribution in [1.29, 1.82) is 0 Å². The first kappa shape index (κ1) is 11.4. The van der Waals surface area contributed by atoms with E-state index < -0.39 is 0 Å².